The smallest absolute Gasteiger partial charge is 0.321 e. The van der Waals surface area contributed by atoms with Gasteiger partial charge in [0.2, 0.25) is 6.41 Å². The number of ether oxygens (including phenoxy) is 2. The first kappa shape index (κ1) is 15.0. The first-order chi connectivity index (χ1) is 10.2. The van der Waals surface area contributed by atoms with Gasteiger partial charge in [-0.2, -0.15) is 0 Å². The van der Waals surface area contributed by atoms with Crippen LogP contribution in [0.3, 0.4) is 0 Å². The van der Waals surface area contributed by atoms with Gasteiger partial charge in [-0.25, -0.2) is 4.79 Å². The molecule has 0 aromatic heterocycles. The fraction of sp³-hybridized carbons (Fsp3) is 0.429. The highest BCUT2D eigenvalue weighted by molar-refractivity contribution is 5.89. The Morgan fingerprint density at radius 3 is 2.38 bits per heavy atom. The highest BCUT2D eigenvalue weighted by atomic mass is 16.5. The second-order valence-electron chi connectivity index (χ2n) is 4.63. The number of rotatable bonds is 4. The van der Waals surface area contributed by atoms with E-state index in [2.05, 4.69) is 5.32 Å². The molecule has 0 saturated carbocycles. The molecule has 1 aromatic carbocycles. The highest BCUT2D eigenvalue weighted by Crippen LogP contribution is 2.29. The van der Waals surface area contributed by atoms with Crippen molar-refractivity contribution in [1.82, 2.24) is 9.80 Å². The third-order valence-electron chi connectivity index (χ3n) is 3.39. The zero-order valence-corrected chi connectivity index (χ0v) is 12.2. The molecule has 7 heteroatoms. The lowest BCUT2D eigenvalue weighted by atomic mass is 10.2. The topological polar surface area (TPSA) is 71.1 Å². The molecular weight excluding hydrogens is 274 g/mol. The average Bonchev–Trinajstić information content (AvgIpc) is 2.54. The van der Waals surface area contributed by atoms with Crippen LogP contribution >= 0.6 is 0 Å². The van der Waals surface area contributed by atoms with Crippen molar-refractivity contribution in [2.75, 3.05) is 45.7 Å². The third-order valence-corrected chi connectivity index (χ3v) is 3.39. The van der Waals surface area contributed by atoms with E-state index in [-0.39, 0.29) is 6.03 Å². The maximum absolute atomic E-state index is 12.2. The molecule has 1 aliphatic heterocycles. The third kappa shape index (κ3) is 3.56. The molecule has 0 radical (unpaired) electrons. The number of nitrogens with zero attached hydrogens (tertiary/aromatic N) is 2. The summed E-state index contributed by atoms with van der Waals surface area (Å²) < 4.78 is 10.3. The molecule has 1 aromatic rings. The van der Waals surface area contributed by atoms with Crippen molar-refractivity contribution in [2.45, 2.75) is 0 Å². The van der Waals surface area contributed by atoms with Crippen LogP contribution in [0.1, 0.15) is 0 Å². The van der Waals surface area contributed by atoms with E-state index in [1.165, 1.54) is 0 Å². The second kappa shape index (κ2) is 6.83. The van der Waals surface area contributed by atoms with Crippen LogP contribution < -0.4 is 14.8 Å². The van der Waals surface area contributed by atoms with Crippen LogP contribution in [-0.2, 0) is 4.79 Å². The molecule has 0 spiro atoms. The molecule has 0 unspecified atom stereocenters. The number of carbonyl (C=O) groups is 2. The molecule has 1 fully saturated rings. The van der Waals surface area contributed by atoms with E-state index < -0.39 is 0 Å². The Morgan fingerprint density at radius 2 is 1.81 bits per heavy atom. The van der Waals surface area contributed by atoms with E-state index in [4.69, 9.17) is 9.47 Å². The maximum atomic E-state index is 12.2. The number of urea groups is 1. The van der Waals surface area contributed by atoms with Gasteiger partial charge in [-0.1, -0.05) is 0 Å². The fourth-order valence-corrected chi connectivity index (χ4v) is 2.15. The Bertz CT molecular complexity index is 513. The summed E-state index contributed by atoms with van der Waals surface area (Å²) in [5.74, 6) is 1.16. The van der Waals surface area contributed by atoms with Crippen LogP contribution in [0.2, 0.25) is 0 Å². The molecule has 0 bridgehead atoms. The van der Waals surface area contributed by atoms with Crippen LogP contribution in [0.4, 0.5) is 10.5 Å². The number of hydrogen-bond donors (Lipinski definition) is 1. The molecule has 1 saturated heterocycles. The predicted octanol–water partition coefficient (Wildman–Crippen LogP) is 1.01. The summed E-state index contributed by atoms with van der Waals surface area (Å²) in [6.07, 6.45) is 0.809. The Balaban J connectivity index is 1.98. The number of hydrogen-bond acceptors (Lipinski definition) is 4. The first-order valence-electron chi connectivity index (χ1n) is 6.65. The summed E-state index contributed by atoms with van der Waals surface area (Å²) in [6, 6.07) is 5.01. The van der Waals surface area contributed by atoms with E-state index in [9.17, 15) is 9.59 Å². The first-order valence-corrected chi connectivity index (χ1v) is 6.65. The van der Waals surface area contributed by atoms with Gasteiger partial charge in [-0.15, -0.1) is 0 Å². The van der Waals surface area contributed by atoms with Crippen molar-refractivity contribution in [2.24, 2.45) is 0 Å². The summed E-state index contributed by atoms with van der Waals surface area (Å²) in [6.45, 7) is 2.17. The monoisotopic (exact) mass is 293 g/mol. The van der Waals surface area contributed by atoms with E-state index in [1.807, 2.05) is 0 Å². The minimum absolute atomic E-state index is 0.187. The Hall–Kier alpha value is -2.44. The zero-order chi connectivity index (χ0) is 15.2. The minimum Gasteiger partial charge on any atom is -0.493 e. The minimum atomic E-state index is -0.187. The summed E-state index contributed by atoms with van der Waals surface area (Å²) in [7, 11) is 3.10. The average molecular weight is 293 g/mol. The van der Waals surface area contributed by atoms with Crippen molar-refractivity contribution < 1.29 is 19.1 Å². The Morgan fingerprint density at radius 1 is 1.14 bits per heavy atom. The molecule has 2 rings (SSSR count). The van der Waals surface area contributed by atoms with Crippen LogP contribution in [-0.4, -0.2) is 62.6 Å². The summed E-state index contributed by atoms with van der Waals surface area (Å²) in [5, 5.41) is 2.82. The van der Waals surface area contributed by atoms with Gasteiger partial charge in [-0.3, -0.25) is 4.79 Å². The van der Waals surface area contributed by atoms with Crippen molar-refractivity contribution in [1.29, 1.82) is 0 Å². The summed E-state index contributed by atoms with van der Waals surface area (Å²) in [4.78, 5) is 26.1. The number of piperazine rings is 1. The van der Waals surface area contributed by atoms with Gasteiger partial charge in [0.1, 0.15) is 0 Å². The van der Waals surface area contributed by atoms with E-state index in [1.54, 1.807) is 42.2 Å². The molecule has 21 heavy (non-hydrogen) atoms. The van der Waals surface area contributed by atoms with Gasteiger partial charge in [-0.05, 0) is 12.1 Å². The lowest BCUT2D eigenvalue weighted by molar-refractivity contribution is -0.119. The standard InChI is InChI=1S/C14H19N3O4/c1-20-12-4-3-11(9-13(12)21-2)15-14(19)17-7-5-16(10-18)6-8-17/h3-4,9-10H,5-8H2,1-2H3,(H,15,19). The predicted molar refractivity (Wildman–Crippen MR) is 77.8 cm³/mol. The number of benzene rings is 1. The van der Waals surface area contributed by atoms with E-state index >= 15 is 0 Å². The van der Waals surface area contributed by atoms with Crippen LogP contribution in [0.5, 0.6) is 11.5 Å². The molecule has 0 atom stereocenters. The summed E-state index contributed by atoms with van der Waals surface area (Å²) in [5.41, 5.74) is 0.635. The molecular formula is C14H19N3O4. The molecule has 1 heterocycles. The van der Waals surface area contributed by atoms with Gasteiger partial charge in [0.25, 0.3) is 0 Å². The van der Waals surface area contributed by atoms with Gasteiger partial charge in [0.05, 0.1) is 14.2 Å². The quantitative estimate of drug-likeness (QED) is 0.841. The fourth-order valence-electron chi connectivity index (χ4n) is 2.15. The van der Waals surface area contributed by atoms with Gasteiger partial charge in [0.15, 0.2) is 11.5 Å². The van der Waals surface area contributed by atoms with Crippen molar-refractivity contribution in [3.63, 3.8) is 0 Å². The van der Waals surface area contributed by atoms with Crippen molar-refractivity contribution >= 4 is 18.1 Å². The number of nitrogens with one attached hydrogen (secondary N) is 1. The molecule has 1 N–H and O–H groups in total. The van der Waals surface area contributed by atoms with E-state index in [0.29, 0.717) is 43.4 Å². The molecule has 0 aliphatic carbocycles. The summed E-state index contributed by atoms with van der Waals surface area (Å²) >= 11 is 0. The number of amides is 3. The van der Waals surface area contributed by atoms with Crippen molar-refractivity contribution in [3.8, 4) is 11.5 Å². The SMILES string of the molecule is COc1ccc(NC(=O)N2CCN(C=O)CC2)cc1OC. The second-order valence-corrected chi connectivity index (χ2v) is 4.63. The van der Waals surface area contributed by atoms with Crippen LogP contribution in [0, 0.1) is 0 Å². The number of anilines is 1. The van der Waals surface area contributed by atoms with Gasteiger partial charge in [0, 0.05) is 37.9 Å². The Labute approximate surface area is 123 Å². The molecule has 7 nitrogen and oxygen atoms in total. The molecule has 3 amide bonds. The largest absolute Gasteiger partial charge is 0.493 e. The lowest BCUT2D eigenvalue weighted by Crippen LogP contribution is -2.49. The van der Waals surface area contributed by atoms with Crippen molar-refractivity contribution in [3.05, 3.63) is 18.2 Å². The Kier molecular flexibility index (Phi) is 4.86. The highest BCUT2D eigenvalue weighted by Gasteiger charge is 2.20. The molecule has 114 valence electrons. The number of carbonyl (C=O) groups excluding carboxylic acids is 2. The van der Waals surface area contributed by atoms with Crippen LogP contribution in [0.25, 0.3) is 0 Å². The maximum Gasteiger partial charge on any atom is 0.321 e. The zero-order valence-electron chi connectivity index (χ0n) is 12.2. The molecule has 1 aliphatic rings. The van der Waals surface area contributed by atoms with E-state index in [0.717, 1.165) is 6.41 Å². The number of methoxy groups -OCH3 is 2. The van der Waals surface area contributed by atoms with Gasteiger partial charge < -0.3 is 24.6 Å². The van der Waals surface area contributed by atoms with Crippen LogP contribution in [0.15, 0.2) is 18.2 Å². The normalized spacial score (nSPS) is 14.6. The van der Waals surface area contributed by atoms with Gasteiger partial charge >= 0.3 is 6.03 Å². The lowest BCUT2D eigenvalue weighted by Gasteiger charge is -2.32.